The van der Waals surface area contributed by atoms with Gasteiger partial charge in [-0.3, -0.25) is 4.79 Å². The van der Waals surface area contributed by atoms with Gasteiger partial charge in [0.25, 0.3) is 10.0 Å². The number of aromatic nitrogens is 1. The van der Waals surface area contributed by atoms with E-state index in [9.17, 15) is 13.2 Å². The van der Waals surface area contributed by atoms with E-state index >= 15 is 0 Å². The first-order valence-electron chi connectivity index (χ1n) is 6.60. The summed E-state index contributed by atoms with van der Waals surface area (Å²) in [6, 6.07) is 8.37. The zero-order valence-corrected chi connectivity index (χ0v) is 12.5. The van der Waals surface area contributed by atoms with Gasteiger partial charge in [0.05, 0.1) is 4.90 Å². The summed E-state index contributed by atoms with van der Waals surface area (Å²) < 4.78 is 26.0. The van der Waals surface area contributed by atoms with Crippen molar-refractivity contribution < 1.29 is 18.3 Å². The molecule has 0 saturated heterocycles. The van der Waals surface area contributed by atoms with Crippen LogP contribution in [-0.2, 0) is 21.2 Å². The summed E-state index contributed by atoms with van der Waals surface area (Å²) in [5.41, 5.74) is 1.81. The largest absolute Gasteiger partial charge is 0.481 e. The van der Waals surface area contributed by atoms with Crippen LogP contribution in [0, 0.1) is 6.92 Å². The third-order valence-corrected chi connectivity index (χ3v) is 4.83. The van der Waals surface area contributed by atoms with Crippen LogP contribution in [0.1, 0.15) is 24.0 Å². The number of nitrogens with zero attached hydrogens (tertiary/aromatic N) is 1. The number of carboxylic acids is 1. The lowest BCUT2D eigenvalue weighted by atomic mass is 10.1. The number of benzene rings is 1. The molecule has 1 heterocycles. The van der Waals surface area contributed by atoms with Gasteiger partial charge < -0.3 is 5.11 Å². The minimum Gasteiger partial charge on any atom is -0.481 e. The number of hydrogen-bond acceptors (Lipinski definition) is 3. The molecule has 0 fully saturated rings. The molecule has 0 spiro atoms. The summed E-state index contributed by atoms with van der Waals surface area (Å²) in [5, 5.41) is 8.60. The van der Waals surface area contributed by atoms with Crippen molar-refractivity contribution in [2.24, 2.45) is 0 Å². The van der Waals surface area contributed by atoms with Gasteiger partial charge in [-0.1, -0.05) is 17.7 Å². The van der Waals surface area contributed by atoms with Gasteiger partial charge in [-0.25, -0.2) is 12.4 Å². The monoisotopic (exact) mass is 307 g/mol. The van der Waals surface area contributed by atoms with Crippen LogP contribution >= 0.6 is 0 Å². The molecule has 0 aliphatic rings. The highest BCUT2D eigenvalue weighted by atomic mass is 32.2. The van der Waals surface area contributed by atoms with Crippen molar-refractivity contribution in [2.45, 2.75) is 31.1 Å². The van der Waals surface area contributed by atoms with Gasteiger partial charge in [-0.15, -0.1) is 0 Å². The lowest BCUT2D eigenvalue weighted by molar-refractivity contribution is -0.137. The molecule has 0 saturated carbocycles. The maximum Gasteiger partial charge on any atom is 0.303 e. The Balaban J connectivity index is 2.16. The van der Waals surface area contributed by atoms with Gasteiger partial charge in [0.15, 0.2) is 0 Å². The minimum atomic E-state index is -3.58. The maximum absolute atomic E-state index is 12.4. The molecule has 2 rings (SSSR count). The average molecular weight is 307 g/mol. The van der Waals surface area contributed by atoms with E-state index in [1.165, 1.54) is 16.4 Å². The summed E-state index contributed by atoms with van der Waals surface area (Å²) in [7, 11) is -3.58. The number of hydrogen-bond donors (Lipinski definition) is 1. The Bertz CT molecular complexity index is 729. The van der Waals surface area contributed by atoms with E-state index in [1.54, 1.807) is 30.3 Å². The molecule has 112 valence electrons. The minimum absolute atomic E-state index is 0.0793. The fourth-order valence-electron chi connectivity index (χ4n) is 1.99. The molecule has 0 radical (unpaired) electrons. The van der Waals surface area contributed by atoms with Crippen molar-refractivity contribution in [3.05, 3.63) is 53.9 Å². The van der Waals surface area contributed by atoms with E-state index in [-0.39, 0.29) is 11.3 Å². The van der Waals surface area contributed by atoms with Crippen LogP contribution in [0.3, 0.4) is 0 Å². The maximum atomic E-state index is 12.4. The predicted molar refractivity (Wildman–Crippen MR) is 78.8 cm³/mol. The van der Waals surface area contributed by atoms with Crippen LogP contribution in [0.4, 0.5) is 0 Å². The Morgan fingerprint density at radius 1 is 1.19 bits per heavy atom. The van der Waals surface area contributed by atoms with Gasteiger partial charge in [0, 0.05) is 18.8 Å². The summed E-state index contributed by atoms with van der Waals surface area (Å²) in [6.45, 7) is 1.90. The van der Waals surface area contributed by atoms with Crippen LogP contribution in [-0.4, -0.2) is 23.5 Å². The number of aryl methyl sites for hydroxylation is 2. The van der Waals surface area contributed by atoms with Gasteiger partial charge in [0.2, 0.25) is 0 Å². The van der Waals surface area contributed by atoms with Crippen LogP contribution in [0.25, 0.3) is 0 Å². The Kier molecular flexibility index (Phi) is 4.47. The number of aliphatic carboxylic acids is 1. The number of carbonyl (C=O) groups is 1. The van der Waals surface area contributed by atoms with Crippen molar-refractivity contribution in [3.63, 3.8) is 0 Å². The second-order valence-electron chi connectivity index (χ2n) is 4.92. The molecule has 0 aliphatic carbocycles. The zero-order valence-electron chi connectivity index (χ0n) is 11.7. The summed E-state index contributed by atoms with van der Waals surface area (Å²) in [5.74, 6) is -0.846. The summed E-state index contributed by atoms with van der Waals surface area (Å²) >= 11 is 0. The highest BCUT2D eigenvalue weighted by molar-refractivity contribution is 7.90. The smallest absolute Gasteiger partial charge is 0.303 e. The molecular formula is C15H17NO4S. The summed E-state index contributed by atoms with van der Waals surface area (Å²) in [4.78, 5) is 10.7. The predicted octanol–water partition coefficient (Wildman–Crippen LogP) is 2.44. The highest BCUT2D eigenvalue weighted by Crippen LogP contribution is 2.16. The third kappa shape index (κ3) is 3.72. The molecule has 0 aliphatic heterocycles. The molecule has 6 heteroatoms. The highest BCUT2D eigenvalue weighted by Gasteiger charge is 2.16. The van der Waals surface area contributed by atoms with Crippen molar-refractivity contribution in [1.29, 1.82) is 0 Å². The number of carboxylic acid groups (broad SMARTS) is 1. The Labute approximate surface area is 123 Å². The lowest BCUT2D eigenvalue weighted by Gasteiger charge is -2.05. The van der Waals surface area contributed by atoms with E-state index in [4.69, 9.17) is 5.11 Å². The van der Waals surface area contributed by atoms with E-state index < -0.39 is 16.0 Å². The molecule has 2 aromatic rings. The molecule has 1 aromatic heterocycles. The van der Waals surface area contributed by atoms with Crippen LogP contribution < -0.4 is 0 Å². The standard InChI is InChI=1S/C15H17NO4S/c1-12-5-7-14(8-6-12)21(19,20)16-10-9-13(11-16)3-2-4-15(17)18/h5-11H,2-4H2,1H3,(H,17,18). The molecule has 0 bridgehead atoms. The van der Waals surface area contributed by atoms with E-state index in [0.717, 1.165) is 11.1 Å². The fourth-order valence-corrected chi connectivity index (χ4v) is 3.21. The molecule has 0 unspecified atom stereocenters. The van der Waals surface area contributed by atoms with Crippen LogP contribution in [0.2, 0.25) is 0 Å². The molecule has 0 atom stereocenters. The van der Waals surface area contributed by atoms with Crippen molar-refractivity contribution >= 4 is 16.0 Å². The van der Waals surface area contributed by atoms with Crippen LogP contribution in [0.5, 0.6) is 0 Å². The fraction of sp³-hybridized carbons (Fsp3) is 0.267. The normalized spacial score (nSPS) is 11.5. The summed E-state index contributed by atoms with van der Waals surface area (Å²) in [6.07, 6.45) is 4.14. The second-order valence-corrected chi connectivity index (χ2v) is 6.76. The SMILES string of the molecule is Cc1ccc(S(=O)(=O)n2ccc(CCCC(=O)O)c2)cc1. The third-order valence-electron chi connectivity index (χ3n) is 3.18. The van der Waals surface area contributed by atoms with Gasteiger partial charge in [-0.2, -0.15) is 0 Å². The molecule has 1 aromatic carbocycles. The van der Waals surface area contributed by atoms with Crippen molar-refractivity contribution in [2.75, 3.05) is 0 Å². The van der Waals surface area contributed by atoms with Crippen molar-refractivity contribution in [1.82, 2.24) is 3.97 Å². The number of rotatable bonds is 6. The van der Waals surface area contributed by atoms with Gasteiger partial charge in [-0.05, 0) is 43.5 Å². The zero-order chi connectivity index (χ0) is 15.5. The molecule has 21 heavy (non-hydrogen) atoms. The molecule has 5 nitrogen and oxygen atoms in total. The van der Waals surface area contributed by atoms with E-state index in [2.05, 4.69) is 0 Å². The molecule has 0 amide bonds. The Hall–Kier alpha value is -2.08. The first-order chi connectivity index (χ1) is 9.89. The lowest BCUT2D eigenvalue weighted by Crippen LogP contribution is -2.10. The Morgan fingerprint density at radius 3 is 2.48 bits per heavy atom. The Morgan fingerprint density at radius 2 is 1.86 bits per heavy atom. The van der Waals surface area contributed by atoms with Crippen LogP contribution in [0.15, 0.2) is 47.6 Å². The quantitative estimate of drug-likeness (QED) is 0.889. The van der Waals surface area contributed by atoms with E-state index in [0.29, 0.717) is 12.8 Å². The first-order valence-corrected chi connectivity index (χ1v) is 8.04. The average Bonchev–Trinajstić information content (AvgIpc) is 2.88. The molecular weight excluding hydrogens is 290 g/mol. The first kappa shape index (κ1) is 15.3. The second kappa shape index (κ2) is 6.13. The van der Waals surface area contributed by atoms with E-state index in [1.807, 2.05) is 6.92 Å². The van der Waals surface area contributed by atoms with Gasteiger partial charge >= 0.3 is 5.97 Å². The molecule has 1 N–H and O–H groups in total. The van der Waals surface area contributed by atoms with Gasteiger partial charge in [0.1, 0.15) is 0 Å². The van der Waals surface area contributed by atoms with Crippen molar-refractivity contribution in [3.8, 4) is 0 Å². The topological polar surface area (TPSA) is 76.4 Å².